The molecular formula is C14H14ClNO3. The zero-order valence-electron chi connectivity index (χ0n) is 10.7. The Morgan fingerprint density at radius 2 is 2.16 bits per heavy atom. The van der Waals surface area contributed by atoms with Gasteiger partial charge in [0.15, 0.2) is 5.76 Å². The molecule has 0 unspecified atom stereocenters. The number of halogens is 1. The Kier molecular flexibility index (Phi) is 4.24. The van der Waals surface area contributed by atoms with Gasteiger partial charge in [-0.1, -0.05) is 17.7 Å². The van der Waals surface area contributed by atoms with Crippen molar-refractivity contribution in [2.75, 3.05) is 12.4 Å². The molecule has 1 aromatic heterocycles. The van der Waals surface area contributed by atoms with Crippen molar-refractivity contribution in [1.82, 2.24) is 0 Å². The molecule has 19 heavy (non-hydrogen) atoms. The van der Waals surface area contributed by atoms with Gasteiger partial charge in [-0.05, 0) is 36.8 Å². The van der Waals surface area contributed by atoms with Gasteiger partial charge in [0, 0.05) is 7.11 Å². The zero-order chi connectivity index (χ0) is 13.8. The number of rotatable bonds is 4. The zero-order valence-corrected chi connectivity index (χ0v) is 11.5. The topological polar surface area (TPSA) is 51.5 Å². The van der Waals surface area contributed by atoms with E-state index >= 15 is 0 Å². The number of benzene rings is 1. The number of methoxy groups -OCH3 is 1. The first-order chi connectivity index (χ1) is 9.10. The average molecular weight is 280 g/mol. The lowest BCUT2D eigenvalue weighted by Gasteiger charge is -2.06. The van der Waals surface area contributed by atoms with E-state index in [0.29, 0.717) is 23.1 Å². The summed E-state index contributed by atoms with van der Waals surface area (Å²) in [5.41, 5.74) is 1.59. The van der Waals surface area contributed by atoms with Crippen LogP contribution >= 0.6 is 11.6 Å². The third-order valence-electron chi connectivity index (χ3n) is 2.54. The number of hydrogen-bond donors (Lipinski definition) is 1. The van der Waals surface area contributed by atoms with Crippen molar-refractivity contribution in [3.63, 3.8) is 0 Å². The van der Waals surface area contributed by atoms with Gasteiger partial charge in [-0.3, -0.25) is 4.79 Å². The largest absolute Gasteiger partial charge is 0.453 e. The Bertz CT molecular complexity index is 592. The maximum atomic E-state index is 12.0. The lowest BCUT2D eigenvalue weighted by atomic mass is 10.2. The number of nitrogens with one attached hydrogen (secondary N) is 1. The molecule has 0 saturated carbocycles. The summed E-state index contributed by atoms with van der Waals surface area (Å²) in [4.78, 5) is 12.0. The molecule has 0 aliphatic heterocycles. The highest BCUT2D eigenvalue weighted by Gasteiger charge is 2.12. The van der Waals surface area contributed by atoms with Crippen LogP contribution in [0.3, 0.4) is 0 Å². The first-order valence-corrected chi connectivity index (χ1v) is 6.13. The number of anilines is 1. The van der Waals surface area contributed by atoms with Crippen molar-refractivity contribution >= 4 is 23.2 Å². The van der Waals surface area contributed by atoms with Crippen molar-refractivity contribution in [3.05, 3.63) is 52.4 Å². The van der Waals surface area contributed by atoms with Gasteiger partial charge < -0.3 is 14.5 Å². The summed E-state index contributed by atoms with van der Waals surface area (Å²) in [6.45, 7) is 2.26. The molecule has 5 heteroatoms. The van der Waals surface area contributed by atoms with Crippen LogP contribution < -0.4 is 5.32 Å². The summed E-state index contributed by atoms with van der Waals surface area (Å²) < 4.78 is 10.3. The Hall–Kier alpha value is -1.78. The van der Waals surface area contributed by atoms with Crippen LogP contribution in [0, 0.1) is 6.92 Å². The number of carbonyl (C=O) groups is 1. The van der Waals surface area contributed by atoms with Crippen LogP contribution in [0.2, 0.25) is 5.02 Å². The molecule has 0 saturated heterocycles. The highest BCUT2D eigenvalue weighted by atomic mass is 35.5. The molecule has 0 atom stereocenters. The lowest BCUT2D eigenvalue weighted by molar-refractivity contribution is 0.0987. The first-order valence-electron chi connectivity index (χ1n) is 5.75. The molecule has 0 aliphatic carbocycles. The number of aryl methyl sites for hydroxylation is 1. The fourth-order valence-corrected chi connectivity index (χ4v) is 1.91. The molecule has 0 radical (unpaired) electrons. The number of hydrogen-bond acceptors (Lipinski definition) is 3. The van der Waals surface area contributed by atoms with E-state index in [1.165, 1.54) is 0 Å². The minimum absolute atomic E-state index is 0.226. The van der Waals surface area contributed by atoms with E-state index in [1.54, 1.807) is 31.4 Å². The van der Waals surface area contributed by atoms with E-state index in [9.17, 15) is 4.79 Å². The number of amides is 1. The molecule has 0 aliphatic rings. The minimum atomic E-state index is -0.340. The average Bonchev–Trinajstić information content (AvgIpc) is 2.82. The van der Waals surface area contributed by atoms with Crippen LogP contribution in [0.5, 0.6) is 0 Å². The third kappa shape index (κ3) is 3.36. The third-order valence-corrected chi connectivity index (χ3v) is 2.86. The molecule has 2 rings (SSSR count). The molecule has 0 fully saturated rings. The Labute approximate surface area is 116 Å². The van der Waals surface area contributed by atoms with Gasteiger partial charge in [0.1, 0.15) is 12.4 Å². The van der Waals surface area contributed by atoms with E-state index in [1.807, 2.05) is 13.0 Å². The van der Waals surface area contributed by atoms with Crippen LogP contribution in [-0.4, -0.2) is 13.0 Å². The fraction of sp³-hybridized carbons (Fsp3) is 0.214. The van der Waals surface area contributed by atoms with Crippen LogP contribution in [0.15, 0.2) is 34.7 Å². The SMILES string of the molecule is COCc1ccc(C(=O)Nc2ccc(C)cc2Cl)o1. The van der Waals surface area contributed by atoms with E-state index in [0.717, 1.165) is 5.56 Å². The maximum absolute atomic E-state index is 12.0. The number of furan rings is 1. The lowest BCUT2D eigenvalue weighted by Crippen LogP contribution is -2.11. The second kappa shape index (κ2) is 5.91. The molecule has 1 aromatic carbocycles. The normalized spacial score (nSPS) is 10.5. The Morgan fingerprint density at radius 3 is 2.84 bits per heavy atom. The van der Waals surface area contributed by atoms with Gasteiger partial charge in [0.2, 0.25) is 0 Å². The first kappa shape index (κ1) is 13.6. The van der Waals surface area contributed by atoms with E-state index < -0.39 is 0 Å². The molecule has 1 N–H and O–H groups in total. The van der Waals surface area contributed by atoms with E-state index in [2.05, 4.69) is 5.32 Å². The van der Waals surface area contributed by atoms with Crippen molar-refractivity contribution < 1.29 is 13.9 Å². The van der Waals surface area contributed by atoms with Crippen molar-refractivity contribution in [2.24, 2.45) is 0 Å². The molecule has 0 bridgehead atoms. The monoisotopic (exact) mass is 279 g/mol. The summed E-state index contributed by atoms with van der Waals surface area (Å²) in [5, 5.41) is 3.20. The smallest absolute Gasteiger partial charge is 0.291 e. The second-order valence-electron chi connectivity index (χ2n) is 4.14. The quantitative estimate of drug-likeness (QED) is 0.929. The molecule has 1 heterocycles. The highest BCUT2D eigenvalue weighted by molar-refractivity contribution is 6.34. The van der Waals surface area contributed by atoms with Crippen LogP contribution in [0.25, 0.3) is 0 Å². The highest BCUT2D eigenvalue weighted by Crippen LogP contribution is 2.23. The van der Waals surface area contributed by atoms with Crippen molar-refractivity contribution in [3.8, 4) is 0 Å². The van der Waals surface area contributed by atoms with Crippen molar-refractivity contribution in [2.45, 2.75) is 13.5 Å². The predicted octanol–water partition coefficient (Wildman–Crippen LogP) is 3.64. The van der Waals surface area contributed by atoms with Crippen LogP contribution in [0.1, 0.15) is 21.9 Å². The van der Waals surface area contributed by atoms with Gasteiger partial charge >= 0.3 is 0 Å². The Balaban J connectivity index is 2.11. The molecule has 1 amide bonds. The minimum Gasteiger partial charge on any atom is -0.453 e. The van der Waals surface area contributed by atoms with Gasteiger partial charge in [-0.25, -0.2) is 0 Å². The molecule has 0 spiro atoms. The van der Waals surface area contributed by atoms with E-state index in [4.69, 9.17) is 20.8 Å². The van der Waals surface area contributed by atoms with Crippen LogP contribution in [-0.2, 0) is 11.3 Å². The second-order valence-corrected chi connectivity index (χ2v) is 4.54. The summed E-state index contributed by atoms with van der Waals surface area (Å²) in [6.07, 6.45) is 0. The van der Waals surface area contributed by atoms with Gasteiger partial charge in [-0.15, -0.1) is 0 Å². The van der Waals surface area contributed by atoms with Gasteiger partial charge in [0.05, 0.1) is 10.7 Å². The van der Waals surface area contributed by atoms with Crippen LogP contribution in [0.4, 0.5) is 5.69 Å². The summed E-state index contributed by atoms with van der Waals surface area (Å²) >= 11 is 6.05. The predicted molar refractivity (Wildman–Crippen MR) is 73.6 cm³/mol. The van der Waals surface area contributed by atoms with Gasteiger partial charge in [0.25, 0.3) is 5.91 Å². The van der Waals surface area contributed by atoms with Gasteiger partial charge in [-0.2, -0.15) is 0 Å². The number of ether oxygens (including phenoxy) is 1. The summed E-state index contributed by atoms with van der Waals surface area (Å²) in [6, 6.07) is 8.73. The summed E-state index contributed by atoms with van der Waals surface area (Å²) in [7, 11) is 1.56. The van der Waals surface area contributed by atoms with Crippen molar-refractivity contribution in [1.29, 1.82) is 0 Å². The summed E-state index contributed by atoms with van der Waals surface area (Å²) in [5.74, 6) is 0.486. The standard InChI is InChI=1S/C14H14ClNO3/c1-9-3-5-12(11(15)7-9)16-14(17)13-6-4-10(19-13)8-18-2/h3-7H,8H2,1-2H3,(H,16,17). The Morgan fingerprint density at radius 1 is 1.37 bits per heavy atom. The van der Waals surface area contributed by atoms with E-state index in [-0.39, 0.29) is 11.7 Å². The molecule has 100 valence electrons. The fourth-order valence-electron chi connectivity index (χ4n) is 1.63. The maximum Gasteiger partial charge on any atom is 0.291 e. The number of carbonyl (C=O) groups excluding carboxylic acids is 1. The molecule has 2 aromatic rings. The molecular weight excluding hydrogens is 266 g/mol. The molecule has 4 nitrogen and oxygen atoms in total.